The fourth-order valence-corrected chi connectivity index (χ4v) is 9.87. The maximum Gasteiger partial charge on any atom is 0.265 e. The molecule has 11 heteroatoms. The molecule has 1 N–H and O–H groups in total. The average molecular weight is 789 g/mol. The highest BCUT2D eigenvalue weighted by molar-refractivity contribution is 6.74. The number of ketones is 2. The second-order valence-electron chi connectivity index (χ2n) is 16.6. The summed E-state index contributed by atoms with van der Waals surface area (Å²) in [7, 11) is -1.37. The van der Waals surface area contributed by atoms with Crippen molar-refractivity contribution in [2.45, 2.75) is 76.6 Å². The summed E-state index contributed by atoms with van der Waals surface area (Å²) in [6.07, 6.45) is 4.22. The van der Waals surface area contributed by atoms with Crippen molar-refractivity contribution in [3.63, 3.8) is 0 Å². The first kappa shape index (κ1) is 40.0. The summed E-state index contributed by atoms with van der Waals surface area (Å²) < 4.78 is 31.9. The third-order valence-corrected chi connectivity index (χ3v) is 16.6. The quantitative estimate of drug-likeness (QED) is 0.0752. The number of Topliss-reactive ketones (excluding diaryl/α,β-unsaturated/α-hetero) is 2. The fraction of sp³-hybridized carbons (Fsp3) is 0.370. The van der Waals surface area contributed by atoms with Crippen LogP contribution in [0.3, 0.4) is 0 Å². The number of carbonyl (C=O) groups excluding carboxylic acids is 2. The van der Waals surface area contributed by atoms with Crippen molar-refractivity contribution >= 4 is 25.6 Å². The number of methoxy groups -OCH3 is 1. The van der Waals surface area contributed by atoms with Gasteiger partial charge in [0.15, 0.2) is 19.7 Å². The first-order valence-electron chi connectivity index (χ1n) is 19.5. The topological polar surface area (TPSA) is 121 Å². The lowest BCUT2D eigenvalue weighted by atomic mass is 9.57. The maximum absolute atomic E-state index is 15.9. The molecule has 4 atom stereocenters. The third kappa shape index (κ3) is 6.95. The number of aromatic nitrogens is 1. The van der Waals surface area contributed by atoms with E-state index in [-0.39, 0.29) is 36.0 Å². The van der Waals surface area contributed by atoms with Crippen LogP contribution in [0.5, 0.6) is 17.4 Å². The molecule has 57 heavy (non-hydrogen) atoms. The molecule has 3 aromatic carbocycles. The van der Waals surface area contributed by atoms with Gasteiger partial charge in [-0.3, -0.25) is 14.5 Å². The molecule has 1 heterocycles. The number of aliphatic hydroxyl groups excluding tert-OH is 1. The van der Waals surface area contributed by atoms with E-state index < -0.39 is 48.4 Å². The zero-order valence-electron chi connectivity index (χ0n) is 33.7. The normalized spacial score (nSPS) is 21.6. The Labute approximate surface area is 335 Å². The molecule has 7 rings (SSSR count). The molecule has 1 fully saturated rings. The molecule has 0 aliphatic heterocycles. The second kappa shape index (κ2) is 15.6. The number of aliphatic hydroxyl groups is 1. The lowest BCUT2D eigenvalue weighted by Crippen LogP contribution is -2.68. The molecular formula is C46H52N2O8Si. The average Bonchev–Trinajstić information content (AvgIpc) is 3.61. The molecule has 1 aromatic heterocycles. The minimum Gasteiger partial charge on any atom is -0.507 e. The van der Waals surface area contributed by atoms with Gasteiger partial charge in [-0.15, -0.1) is 13.2 Å². The predicted octanol–water partition coefficient (Wildman–Crippen LogP) is 9.24. The van der Waals surface area contributed by atoms with E-state index >= 15 is 9.59 Å². The second-order valence-corrected chi connectivity index (χ2v) is 21.4. The van der Waals surface area contributed by atoms with Crippen LogP contribution in [-0.2, 0) is 28.9 Å². The van der Waals surface area contributed by atoms with E-state index in [1.807, 2.05) is 79.8 Å². The lowest BCUT2D eigenvalue weighted by Gasteiger charge is -2.55. The first-order chi connectivity index (χ1) is 27.3. The molecule has 3 aliphatic rings. The number of benzene rings is 3. The number of hydrogen-bond acceptors (Lipinski definition) is 10. The van der Waals surface area contributed by atoms with Crippen LogP contribution >= 0.6 is 0 Å². The van der Waals surface area contributed by atoms with Gasteiger partial charge in [0, 0.05) is 30.1 Å². The molecule has 0 saturated heterocycles. The molecule has 4 aromatic rings. The minimum atomic E-state index is -2.95. The van der Waals surface area contributed by atoms with Crippen molar-refractivity contribution in [3.05, 3.63) is 137 Å². The van der Waals surface area contributed by atoms with E-state index in [2.05, 4.69) is 44.0 Å². The van der Waals surface area contributed by atoms with Gasteiger partial charge in [-0.05, 0) is 65.3 Å². The molecule has 0 bridgehead atoms. The van der Waals surface area contributed by atoms with Gasteiger partial charge in [0.05, 0.1) is 18.7 Å². The van der Waals surface area contributed by atoms with Crippen molar-refractivity contribution in [2.24, 2.45) is 11.8 Å². The number of fused-ring (bicyclic) bond motifs is 4. The van der Waals surface area contributed by atoms with Crippen LogP contribution in [0, 0.1) is 11.8 Å². The number of nitrogens with zero attached hydrogens (tertiary/aromatic N) is 2. The van der Waals surface area contributed by atoms with Crippen LogP contribution in [0.25, 0.3) is 5.76 Å². The van der Waals surface area contributed by atoms with Gasteiger partial charge in [0.25, 0.3) is 5.88 Å². The Morgan fingerprint density at radius 2 is 1.49 bits per heavy atom. The summed E-state index contributed by atoms with van der Waals surface area (Å²) in [5.41, 5.74) is 1.08. The number of ether oxygens (including phenoxy) is 3. The summed E-state index contributed by atoms with van der Waals surface area (Å²) in [6.45, 7) is 19.5. The summed E-state index contributed by atoms with van der Waals surface area (Å²) in [5.74, 6) is -1.36. The Bertz CT molecular complexity index is 2200. The van der Waals surface area contributed by atoms with Crippen LogP contribution in [0.15, 0.2) is 108 Å². The maximum atomic E-state index is 15.9. The summed E-state index contributed by atoms with van der Waals surface area (Å²) >= 11 is 0. The third-order valence-electron chi connectivity index (χ3n) is 12.1. The van der Waals surface area contributed by atoms with Crippen molar-refractivity contribution < 1.29 is 37.9 Å². The van der Waals surface area contributed by atoms with Gasteiger partial charge >= 0.3 is 0 Å². The van der Waals surface area contributed by atoms with Gasteiger partial charge in [0.1, 0.15) is 36.0 Å². The monoisotopic (exact) mass is 788 g/mol. The fourth-order valence-electron chi connectivity index (χ4n) is 8.42. The zero-order valence-corrected chi connectivity index (χ0v) is 34.7. The molecule has 298 valence electrons. The Kier molecular flexibility index (Phi) is 10.9. The SMILES string of the molecule is C=CCN(CC=C)[C@@H]1c2onc(OCc3ccccc3)c2C(=O)C2(O[Si](C)(C)C(C)(C)C)C(=O)C3=C(O)c4c(OCc5ccccc5)ccc(OC)c4C[C@H]3C[C@@H]12. The standard InChI is InChI=1S/C46H52N2O8Si/c1-9-23-48(24-10-2)39-33-26-31-25-32-34(52-6)21-22-35(53-27-29-17-13-11-14-18-29)37(32)40(49)36(31)42(50)46(33,56-57(7,8)45(3,4)5)43(51)38-41(39)55-47-44(38)54-28-30-19-15-12-16-20-30/h9-22,31,33,39,49H,1-2,23-28H2,3-8H3/t31-,33-,39-,46?/m0/s1. The largest absolute Gasteiger partial charge is 0.507 e. The summed E-state index contributed by atoms with van der Waals surface area (Å²) in [5, 5.41) is 16.5. The summed E-state index contributed by atoms with van der Waals surface area (Å²) in [4.78, 5) is 33.7. The Morgan fingerprint density at radius 1 is 0.895 bits per heavy atom. The molecule has 0 radical (unpaired) electrons. The van der Waals surface area contributed by atoms with Gasteiger partial charge in [-0.2, -0.15) is 0 Å². The van der Waals surface area contributed by atoms with Crippen LogP contribution in [0.2, 0.25) is 18.1 Å². The van der Waals surface area contributed by atoms with E-state index in [9.17, 15) is 5.11 Å². The Balaban J connectivity index is 1.44. The summed E-state index contributed by atoms with van der Waals surface area (Å²) in [6, 6.07) is 22.2. The number of hydrogen-bond donors (Lipinski definition) is 1. The van der Waals surface area contributed by atoms with Gasteiger partial charge in [0.2, 0.25) is 11.6 Å². The lowest BCUT2D eigenvalue weighted by molar-refractivity contribution is -0.141. The number of carbonyl (C=O) groups is 2. The van der Waals surface area contributed by atoms with Crippen molar-refractivity contribution in [2.75, 3.05) is 20.2 Å². The molecule has 1 unspecified atom stereocenters. The molecule has 1 saturated carbocycles. The highest BCUT2D eigenvalue weighted by atomic mass is 28.4. The van der Waals surface area contributed by atoms with Crippen LogP contribution < -0.4 is 14.2 Å². The van der Waals surface area contributed by atoms with Crippen molar-refractivity contribution in [1.29, 1.82) is 0 Å². The van der Waals surface area contributed by atoms with Gasteiger partial charge in [-0.1, -0.05) is 93.6 Å². The Morgan fingerprint density at radius 3 is 2.07 bits per heavy atom. The molecule has 0 amide bonds. The molecule has 0 spiro atoms. The molecule has 3 aliphatic carbocycles. The first-order valence-corrected chi connectivity index (χ1v) is 22.4. The highest BCUT2D eigenvalue weighted by Gasteiger charge is 2.69. The van der Waals surface area contributed by atoms with E-state index in [1.165, 1.54) is 0 Å². The molecular weight excluding hydrogens is 737 g/mol. The minimum absolute atomic E-state index is 0.0129. The highest BCUT2D eigenvalue weighted by Crippen LogP contribution is 2.60. The predicted molar refractivity (Wildman–Crippen MR) is 221 cm³/mol. The van der Waals surface area contributed by atoms with E-state index in [0.717, 1.165) is 16.7 Å². The van der Waals surface area contributed by atoms with Crippen LogP contribution in [0.4, 0.5) is 0 Å². The Hall–Kier alpha value is -5.23. The van der Waals surface area contributed by atoms with Crippen LogP contribution in [0.1, 0.15) is 71.6 Å². The van der Waals surface area contributed by atoms with Gasteiger partial charge in [-0.25, -0.2) is 0 Å². The van der Waals surface area contributed by atoms with E-state index in [4.69, 9.17) is 23.2 Å². The van der Waals surface area contributed by atoms with E-state index in [0.29, 0.717) is 48.8 Å². The van der Waals surface area contributed by atoms with Crippen molar-refractivity contribution in [1.82, 2.24) is 10.1 Å². The van der Waals surface area contributed by atoms with Crippen LogP contribution in [-0.4, -0.2) is 60.8 Å². The van der Waals surface area contributed by atoms with E-state index in [1.54, 1.807) is 25.3 Å². The smallest absolute Gasteiger partial charge is 0.265 e. The van der Waals surface area contributed by atoms with Crippen molar-refractivity contribution in [3.8, 4) is 17.4 Å². The molecule has 10 nitrogen and oxygen atoms in total. The van der Waals surface area contributed by atoms with Gasteiger partial charge < -0.3 is 28.3 Å². The zero-order chi connectivity index (χ0) is 40.7. The number of rotatable bonds is 14.